The van der Waals surface area contributed by atoms with E-state index >= 15 is 0 Å². The second-order valence-corrected chi connectivity index (χ2v) is 5.46. The Morgan fingerprint density at radius 3 is 2.88 bits per heavy atom. The van der Waals surface area contributed by atoms with Gasteiger partial charge in [-0.3, -0.25) is 0 Å². The summed E-state index contributed by atoms with van der Waals surface area (Å²) in [4.78, 5) is 3.95. The first kappa shape index (κ1) is 11.6. The molecule has 1 fully saturated rings. The average molecular weight is 245 g/mol. The first-order valence-electron chi connectivity index (χ1n) is 5.14. The molecule has 0 amide bonds. The van der Waals surface area contributed by atoms with E-state index in [9.17, 15) is 8.42 Å². The fourth-order valence-corrected chi connectivity index (χ4v) is 2.43. The maximum absolute atomic E-state index is 11.2. The van der Waals surface area contributed by atoms with Gasteiger partial charge in [0.1, 0.15) is 5.82 Å². The molecule has 7 heteroatoms. The van der Waals surface area contributed by atoms with E-state index in [1.165, 1.54) is 6.20 Å². The number of rotatable bonds is 2. The van der Waals surface area contributed by atoms with E-state index < -0.39 is 10.0 Å². The smallest absolute Gasteiger partial charge is 0.257 e. The van der Waals surface area contributed by atoms with Crippen LogP contribution in [0.15, 0.2) is 11.2 Å². The van der Waals surface area contributed by atoms with Crippen LogP contribution in [0.4, 0.5) is 0 Å². The normalized spacial score (nSPS) is 22.2. The molecule has 2 N–H and O–H groups in total. The molecule has 2 heterocycles. The largest absolute Gasteiger partial charge is 0.379 e. The molecule has 1 aliphatic rings. The number of aromatic nitrogens is 2. The van der Waals surface area contributed by atoms with Gasteiger partial charge in [0.2, 0.25) is 0 Å². The van der Waals surface area contributed by atoms with Crippen molar-refractivity contribution >= 4 is 10.0 Å². The number of hydrogen-bond donors (Lipinski definition) is 1. The Labute approximate surface area is 94.5 Å². The summed E-state index contributed by atoms with van der Waals surface area (Å²) in [5, 5.41) is 4.96. The fraction of sp³-hybridized carbons (Fsp3) is 0.667. The van der Waals surface area contributed by atoms with E-state index in [2.05, 4.69) is 4.98 Å². The Morgan fingerprint density at radius 2 is 2.38 bits per heavy atom. The molecule has 16 heavy (non-hydrogen) atoms. The third kappa shape index (κ3) is 2.26. The van der Waals surface area contributed by atoms with E-state index in [1.54, 1.807) is 6.92 Å². The van der Waals surface area contributed by atoms with Crippen LogP contribution in [0, 0.1) is 6.92 Å². The molecule has 1 aliphatic heterocycles. The summed E-state index contributed by atoms with van der Waals surface area (Å²) in [5.41, 5.74) is 0. The lowest BCUT2D eigenvalue weighted by Crippen LogP contribution is -2.21. The van der Waals surface area contributed by atoms with E-state index in [0.29, 0.717) is 12.4 Å². The van der Waals surface area contributed by atoms with Crippen molar-refractivity contribution in [2.45, 2.75) is 30.8 Å². The minimum Gasteiger partial charge on any atom is -0.379 e. The van der Waals surface area contributed by atoms with E-state index in [0.717, 1.165) is 19.4 Å². The van der Waals surface area contributed by atoms with E-state index in [1.807, 2.05) is 4.57 Å². The van der Waals surface area contributed by atoms with Crippen molar-refractivity contribution in [2.75, 3.05) is 13.2 Å². The van der Waals surface area contributed by atoms with Crippen molar-refractivity contribution in [3.8, 4) is 0 Å². The summed E-state index contributed by atoms with van der Waals surface area (Å²) < 4.78 is 29.5. The van der Waals surface area contributed by atoms with Gasteiger partial charge in [-0.2, -0.15) is 0 Å². The van der Waals surface area contributed by atoms with Crippen molar-refractivity contribution in [1.29, 1.82) is 0 Å². The Morgan fingerprint density at radius 1 is 1.62 bits per heavy atom. The molecule has 6 nitrogen and oxygen atoms in total. The molecule has 1 aromatic heterocycles. The Hall–Kier alpha value is -0.920. The van der Waals surface area contributed by atoms with Crippen LogP contribution in [-0.4, -0.2) is 31.2 Å². The minimum absolute atomic E-state index is 0.0735. The van der Waals surface area contributed by atoms with E-state index in [-0.39, 0.29) is 11.1 Å². The highest BCUT2D eigenvalue weighted by molar-refractivity contribution is 7.89. The van der Waals surface area contributed by atoms with Crippen LogP contribution in [0.2, 0.25) is 0 Å². The van der Waals surface area contributed by atoms with Gasteiger partial charge >= 0.3 is 0 Å². The Bertz CT molecular complexity index is 474. The highest BCUT2D eigenvalue weighted by atomic mass is 32.2. The van der Waals surface area contributed by atoms with Gasteiger partial charge in [0.25, 0.3) is 10.0 Å². The van der Waals surface area contributed by atoms with Gasteiger partial charge in [-0.05, 0) is 19.8 Å². The van der Waals surface area contributed by atoms with Crippen LogP contribution in [0.1, 0.15) is 24.7 Å². The van der Waals surface area contributed by atoms with Gasteiger partial charge in [-0.25, -0.2) is 18.5 Å². The Kier molecular flexibility index (Phi) is 3.00. The molecule has 90 valence electrons. The molecule has 1 atom stereocenters. The first-order chi connectivity index (χ1) is 7.48. The number of hydrogen-bond acceptors (Lipinski definition) is 4. The second kappa shape index (κ2) is 4.15. The number of aryl methyl sites for hydroxylation is 1. The number of imidazole rings is 1. The van der Waals surface area contributed by atoms with Crippen LogP contribution in [0.25, 0.3) is 0 Å². The summed E-state index contributed by atoms with van der Waals surface area (Å²) in [7, 11) is -3.72. The molecule has 0 spiro atoms. The van der Waals surface area contributed by atoms with Crippen LogP contribution in [-0.2, 0) is 14.8 Å². The number of sulfonamides is 1. The standard InChI is InChI=1S/C9H15N3O3S/c1-7-11-9(16(10,13)14)5-12(7)8-3-2-4-15-6-8/h5,8H,2-4,6H2,1H3,(H2,10,13,14). The summed E-state index contributed by atoms with van der Waals surface area (Å²) in [6.07, 6.45) is 3.44. The third-order valence-corrected chi connectivity index (χ3v) is 3.50. The van der Waals surface area contributed by atoms with Crippen molar-refractivity contribution in [3.05, 3.63) is 12.0 Å². The van der Waals surface area contributed by atoms with Crippen molar-refractivity contribution < 1.29 is 13.2 Å². The lowest BCUT2D eigenvalue weighted by Gasteiger charge is -2.24. The maximum atomic E-state index is 11.2. The first-order valence-corrected chi connectivity index (χ1v) is 6.69. The molecule has 0 saturated carbocycles. The highest BCUT2D eigenvalue weighted by Gasteiger charge is 2.21. The van der Waals surface area contributed by atoms with Crippen LogP contribution in [0.3, 0.4) is 0 Å². The van der Waals surface area contributed by atoms with Crippen LogP contribution in [0.5, 0.6) is 0 Å². The van der Waals surface area contributed by atoms with Gasteiger partial charge in [0.15, 0.2) is 5.03 Å². The summed E-state index contributed by atoms with van der Waals surface area (Å²) >= 11 is 0. The third-order valence-electron chi connectivity index (χ3n) is 2.72. The molecule has 1 aromatic rings. The number of ether oxygens (including phenoxy) is 1. The monoisotopic (exact) mass is 245 g/mol. The van der Waals surface area contributed by atoms with E-state index in [4.69, 9.17) is 9.88 Å². The Balaban J connectivity index is 2.31. The van der Waals surface area contributed by atoms with Gasteiger partial charge in [0.05, 0.1) is 12.6 Å². The number of primary sulfonamides is 1. The van der Waals surface area contributed by atoms with Gasteiger partial charge in [-0.15, -0.1) is 0 Å². The summed E-state index contributed by atoms with van der Waals surface area (Å²) in [6.45, 7) is 3.14. The lowest BCUT2D eigenvalue weighted by molar-refractivity contribution is 0.0584. The van der Waals surface area contributed by atoms with Crippen molar-refractivity contribution in [2.24, 2.45) is 5.14 Å². The number of nitrogens with zero attached hydrogens (tertiary/aromatic N) is 2. The number of nitrogens with two attached hydrogens (primary N) is 1. The molecular formula is C9H15N3O3S. The zero-order chi connectivity index (χ0) is 11.8. The molecule has 2 rings (SSSR count). The van der Waals surface area contributed by atoms with Gasteiger partial charge < -0.3 is 9.30 Å². The minimum atomic E-state index is -3.72. The molecule has 0 radical (unpaired) electrons. The average Bonchev–Trinajstić information content (AvgIpc) is 2.61. The quantitative estimate of drug-likeness (QED) is 0.805. The maximum Gasteiger partial charge on any atom is 0.257 e. The summed E-state index contributed by atoms with van der Waals surface area (Å²) in [6, 6.07) is 0.164. The zero-order valence-electron chi connectivity index (χ0n) is 9.09. The van der Waals surface area contributed by atoms with Gasteiger partial charge in [-0.1, -0.05) is 0 Å². The van der Waals surface area contributed by atoms with Crippen molar-refractivity contribution in [1.82, 2.24) is 9.55 Å². The fourth-order valence-electron chi connectivity index (χ4n) is 1.91. The highest BCUT2D eigenvalue weighted by Crippen LogP contribution is 2.22. The molecule has 1 unspecified atom stereocenters. The molecule has 0 aliphatic carbocycles. The van der Waals surface area contributed by atoms with Crippen LogP contribution >= 0.6 is 0 Å². The molecule has 1 saturated heterocycles. The predicted molar refractivity (Wildman–Crippen MR) is 57.4 cm³/mol. The lowest BCUT2D eigenvalue weighted by atomic mass is 10.1. The van der Waals surface area contributed by atoms with Crippen LogP contribution < -0.4 is 5.14 Å². The molecule has 0 bridgehead atoms. The SMILES string of the molecule is Cc1nc(S(N)(=O)=O)cn1C1CCCOC1. The van der Waals surface area contributed by atoms with Gasteiger partial charge in [0, 0.05) is 12.8 Å². The topological polar surface area (TPSA) is 87.2 Å². The molecule has 0 aromatic carbocycles. The second-order valence-electron chi connectivity index (χ2n) is 3.95. The van der Waals surface area contributed by atoms with Crippen molar-refractivity contribution in [3.63, 3.8) is 0 Å². The molecular weight excluding hydrogens is 230 g/mol. The predicted octanol–water partition coefficient (Wildman–Crippen LogP) is 0.190. The zero-order valence-corrected chi connectivity index (χ0v) is 9.90. The summed E-state index contributed by atoms with van der Waals surface area (Å²) in [5.74, 6) is 0.652.